The fourth-order valence-electron chi connectivity index (χ4n) is 3.24. The van der Waals surface area contributed by atoms with E-state index in [0.717, 1.165) is 28.6 Å². The lowest BCUT2D eigenvalue weighted by Gasteiger charge is -2.16. The Labute approximate surface area is 211 Å². The highest BCUT2D eigenvalue weighted by atomic mass is 32.2. The van der Waals surface area contributed by atoms with Gasteiger partial charge in [-0.25, -0.2) is 4.79 Å². The number of hydrogen-bond acceptors (Lipinski definition) is 9. The second-order valence-electron chi connectivity index (χ2n) is 7.69. The van der Waals surface area contributed by atoms with Gasteiger partial charge in [-0.15, -0.1) is 0 Å². The number of thioether (sulfide) groups is 1. The third kappa shape index (κ3) is 7.44. The monoisotopic (exact) mass is 511 g/mol. The first-order valence-corrected chi connectivity index (χ1v) is 11.7. The number of imide groups is 1. The van der Waals surface area contributed by atoms with Gasteiger partial charge >= 0.3 is 11.9 Å². The van der Waals surface area contributed by atoms with E-state index in [1.165, 1.54) is 14.2 Å². The third-order valence-corrected chi connectivity index (χ3v) is 6.03. The molecule has 1 aliphatic rings. The van der Waals surface area contributed by atoms with Gasteiger partial charge in [-0.1, -0.05) is 24.3 Å². The molecule has 1 heterocycles. The molecule has 2 aromatic carbocycles. The van der Waals surface area contributed by atoms with Crippen molar-refractivity contribution in [3.8, 4) is 0 Å². The molecular formula is C25H25N3O7S. The number of carbonyl (C=O) groups excluding carboxylic acids is 5. The van der Waals surface area contributed by atoms with Crippen LogP contribution < -0.4 is 16.0 Å². The predicted molar refractivity (Wildman–Crippen MR) is 134 cm³/mol. The minimum absolute atomic E-state index is 0.0342. The zero-order chi connectivity index (χ0) is 26.1. The minimum atomic E-state index is -0.969. The van der Waals surface area contributed by atoms with E-state index in [-0.39, 0.29) is 18.1 Å². The van der Waals surface area contributed by atoms with Crippen molar-refractivity contribution in [1.29, 1.82) is 0 Å². The maximum Gasteiger partial charge on any atom is 0.328 e. The molecule has 0 aliphatic carbocycles. The summed E-state index contributed by atoms with van der Waals surface area (Å²) in [4.78, 5) is 59.2. The van der Waals surface area contributed by atoms with Gasteiger partial charge in [0.05, 0.1) is 19.1 Å². The summed E-state index contributed by atoms with van der Waals surface area (Å²) in [6.45, 7) is 0.499. The summed E-state index contributed by atoms with van der Waals surface area (Å²) in [5.41, 5.74) is 2.92. The molecule has 0 bridgehead atoms. The molecule has 1 saturated heterocycles. The summed E-state index contributed by atoms with van der Waals surface area (Å²) in [5, 5.41) is 7.70. The number of ether oxygens (including phenoxy) is 2. The van der Waals surface area contributed by atoms with Crippen LogP contribution in [0.3, 0.4) is 0 Å². The van der Waals surface area contributed by atoms with Gasteiger partial charge < -0.3 is 20.1 Å². The highest BCUT2D eigenvalue weighted by Gasteiger charge is 2.25. The Morgan fingerprint density at radius 1 is 1.00 bits per heavy atom. The van der Waals surface area contributed by atoms with Crippen LogP contribution in [0.25, 0.3) is 6.08 Å². The van der Waals surface area contributed by atoms with Gasteiger partial charge in [-0.05, 0) is 59.7 Å². The Bertz CT molecular complexity index is 1180. The van der Waals surface area contributed by atoms with Crippen molar-refractivity contribution in [2.75, 3.05) is 19.5 Å². The number of esters is 2. The Morgan fingerprint density at radius 3 is 2.28 bits per heavy atom. The second-order valence-corrected chi connectivity index (χ2v) is 8.70. The summed E-state index contributed by atoms with van der Waals surface area (Å²) >= 11 is 0.869. The van der Waals surface area contributed by atoms with Crippen molar-refractivity contribution in [1.82, 2.24) is 10.6 Å². The van der Waals surface area contributed by atoms with Crippen molar-refractivity contribution in [2.45, 2.75) is 25.4 Å². The minimum Gasteiger partial charge on any atom is -0.469 e. The van der Waals surface area contributed by atoms with Gasteiger partial charge in [0.15, 0.2) is 0 Å². The predicted octanol–water partition coefficient (Wildman–Crippen LogP) is 2.85. The number of benzene rings is 2. The lowest BCUT2D eigenvalue weighted by molar-refractivity contribution is -0.144. The van der Waals surface area contributed by atoms with Crippen molar-refractivity contribution < 1.29 is 33.4 Å². The summed E-state index contributed by atoms with van der Waals surface area (Å²) < 4.78 is 9.28. The number of anilines is 1. The number of carbonyl (C=O) groups is 5. The molecular weight excluding hydrogens is 486 g/mol. The molecule has 0 saturated carbocycles. The van der Waals surface area contributed by atoms with E-state index in [1.807, 2.05) is 24.3 Å². The fraction of sp³-hybridized carbons (Fsp3) is 0.240. The summed E-state index contributed by atoms with van der Waals surface area (Å²) in [6, 6.07) is 13.3. The number of methoxy groups -OCH3 is 2. The quantitative estimate of drug-likeness (QED) is 0.324. The lowest BCUT2D eigenvalue weighted by Crippen LogP contribution is -2.41. The van der Waals surface area contributed by atoms with Gasteiger partial charge in [0.1, 0.15) is 6.04 Å². The third-order valence-electron chi connectivity index (χ3n) is 5.22. The van der Waals surface area contributed by atoms with Crippen LogP contribution in [-0.4, -0.2) is 49.3 Å². The van der Waals surface area contributed by atoms with E-state index in [4.69, 9.17) is 4.74 Å². The van der Waals surface area contributed by atoms with Gasteiger partial charge in [0.2, 0.25) is 0 Å². The van der Waals surface area contributed by atoms with E-state index in [2.05, 4.69) is 20.7 Å². The van der Waals surface area contributed by atoms with E-state index in [1.54, 1.807) is 30.3 Å². The molecule has 0 aromatic heterocycles. The maximum atomic E-state index is 12.6. The van der Waals surface area contributed by atoms with Crippen LogP contribution in [0, 0.1) is 0 Å². The summed E-state index contributed by atoms with van der Waals surface area (Å²) in [7, 11) is 2.46. The summed E-state index contributed by atoms with van der Waals surface area (Å²) in [5.74, 6) is -1.99. The Morgan fingerprint density at radius 2 is 1.69 bits per heavy atom. The van der Waals surface area contributed by atoms with Crippen LogP contribution in [0.5, 0.6) is 0 Å². The summed E-state index contributed by atoms with van der Waals surface area (Å²) in [6.07, 6.45) is 1.68. The fourth-order valence-corrected chi connectivity index (χ4v) is 3.93. The van der Waals surface area contributed by atoms with Crippen LogP contribution in [0.15, 0.2) is 53.4 Å². The highest BCUT2D eigenvalue weighted by Crippen LogP contribution is 2.26. The van der Waals surface area contributed by atoms with Crippen LogP contribution in [0.4, 0.5) is 10.5 Å². The smallest absolute Gasteiger partial charge is 0.328 e. The molecule has 10 nitrogen and oxygen atoms in total. The molecule has 1 atom stereocenters. The number of nitrogens with one attached hydrogen (secondary N) is 3. The molecule has 3 rings (SSSR count). The molecule has 1 aliphatic heterocycles. The molecule has 0 radical (unpaired) electrons. The van der Waals surface area contributed by atoms with Gasteiger partial charge in [0, 0.05) is 24.2 Å². The van der Waals surface area contributed by atoms with E-state index >= 15 is 0 Å². The zero-order valence-corrected chi connectivity index (χ0v) is 20.5. The van der Waals surface area contributed by atoms with Crippen LogP contribution in [0.2, 0.25) is 0 Å². The Kier molecular flexibility index (Phi) is 9.23. The standard InChI is InChI=1S/C25H25N3O7S/c1-34-21(29)12-11-19(24(32)35-2)27-22(30)17-7-3-16(4-8-17)14-26-18-9-5-15(6-10-18)13-20-23(31)28-25(33)36-20/h3-10,13,19,26H,11-12,14H2,1-2H3,(H,27,30)(H,28,31,33)/b20-13-/t19-/m0/s1. The van der Waals surface area contributed by atoms with Crippen molar-refractivity contribution in [3.05, 3.63) is 70.1 Å². The lowest BCUT2D eigenvalue weighted by atomic mass is 10.1. The largest absolute Gasteiger partial charge is 0.469 e. The van der Waals surface area contributed by atoms with Gasteiger partial charge in [-0.2, -0.15) is 0 Å². The van der Waals surface area contributed by atoms with Gasteiger partial charge in [-0.3, -0.25) is 24.5 Å². The maximum absolute atomic E-state index is 12.6. The Balaban J connectivity index is 1.54. The zero-order valence-electron chi connectivity index (χ0n) is 19.7. The molecule has 0 unspecified atom stereocenters. The van der Waals surface area contributed by atoms with Crippen LogP contribution in [0.1, 0.15) is 34.3 Å². The molecule has 36 heavy (non-hydrogen) atoms. The Hall–Kier alpha value is -4.12. The second kappa shape index (κ2) is 12.5. The van der Waals surface area contributed by atoms with Crippen molar-refractivity contribution in [2.24, 2.45) is 0 Å². The molecule has 188 valence electrons. The first-order chi connectivity index (χ1) is 17.3. The molecule has 2 aromatic rings. The van der Waals surface area contributed by atoms with Gasteiger partial charge in [0.25, 0.3) is 17.1 Å². The SMILES string of the molecule is COC(=O)CC[C@H](NC(=O)c1ccc(CNc2ccc(/C=C3\SC(=O)NC3=O)cc2)cc1)C(=O)OC. The van der Waals surface area contributed by atoms with E-state index in [9.17, 15) is 24.0 Å². The average molecular weight is 512 g/mol. The number of rotatable bonds is 10. The topological polar surface area (TPSA) is 140 Å². The molecule has 0 spiro atoms. The molecule has 3 amide bonds. The van der Waals surface area contributed by atoms with E-state index in [0.29, 0.717) is 17.0 Å². The average Bonchev–Trinajstić information content (AvgIpc) is 3.21. The first kappa shape index (κ1) is 26.5. The number of hydrogen-bond donors (Lipinski definition) is 3. The van der Waals surface area contributed by atoms with Crippen LogP contribution >= 0.6 is 11.8 Å². The molecule has 11 heteroatoms. The van der Waals surface area contributed by atoms with Crippen molar-refractivity contribution in [3.63, 3.8) is 0 Å². The molecule has 3 N–H and O–H groups in total. The number of amides is 3. The van der Waals surface area contributed by atoms with E-state index < -0.39 is 29.8 Å². The normalized spacial score (nSPS) is 14.7. The molecule has 1 fully saturated rings. The first-order valence-electron chi connectivity index (χ1n) is 10.9. The van der Waals surface area contributed by atoms with Crippen molar-refractivity contribution >= 4 is 52.5 Å². The highest BCUT2D eigenvalue weighted by molar-refractivity contribution is 8.18. The van der Waals surface area contributed by atoms with Crippen LogP contribution in [-0.2, 0) is 30.4 Å².